The maximum absolute atomic E-state index is 12.8. The summed E-state index contributed by atoms with van der Waals surface area (Å²) in [7, 11) is 0. The lowest BCUT2D eigenvalue weighted by atomic mass is 10.1. The fraction of sp³-hybridized carbons (Fsp3) is 0.0909. The van der Waals surface area contributed by atoms with Gasteiger partial charge in [-0.1, -0.05) is 6.07 Å². The Hall–Kier alpha value is -1.29. The minimum Gasteiger partial charge on any atom is -0.454 e. The Bertz CT molecular complexity index is 481. The van der Waals surface area contributed by atoms with E-state index in [0.29, 0.717) is 16.8 Å². The number of halogens is 2. The third kappa shape index (κ3) is 2.39. The monoisotopic (exact) mass is 269 g/mol. The van der Waals surface area contributed by atoms with Crippen LogP contribution in [0.4, 0.5) is 10.1 Å². The van der Waals surface area contributed by atoms with Gasteiger partial charge in [-0.2, -0.15) is 0 Å². The van der Waals surface area contributed by atoms with E-state index in [4.69, 9.17) is 10.2 Å². The molecular formula is C11H9BrFNO. The molecule has 0 spiro atoms. The van der Waals surface area contributed by atoms with Crippen molar-refractivity contribution < 1.29 is 8.81 Å². The zero-order valence-corrected chi connectivity index (χ0v) is 9.42. The normalized spacial score (nSPS) is 10.5. The summed E-state index contributed by atoms with van der Waals surface area (Å²) < 4.78 is 18.8. The largest absolute Gasteiger partial charge is 0.454 e. The van der Waals surface area contributed by atoms with Crippen LogP contribution in [-0.2, 0) is 6.42 Å². The third-order valence-corrected chi connectivity index (χ3v) is 2.53. The molecule has 1 aromatic carbocycles. The van der Waals surface area contributed by atoms with Crippen LogP contribution in [0, 0.1) is 5.82 Å². The van der Waals surface area contributed by atoms with Crippen LogP contribution >= 0.6 is 15.9 Å². The van der Waals surface area contributed by atoms with Crippen LogP contribution in [-0.4, -0.2) is 0 Å². The van der Waals surface area contributed by atoms with Crippen molar-refractivity contribution in [2.75, 3.05) is 5.73 Å². The molecule has 0 amide bonds. The number of benzene rings is 1. The van der Waals surface area contributed by atoms with Gasteiger partial charge in [0, 0.05) is 12.1 Å². The number of hydrogen-bond donors (Lipinski definition) is 1. The number of anilines is 1. The first-order valence-electron chi connectivity index (χ1n) is 4.43. The topological polar surface area (TPSA) is 39.2 Å². The van der Waals surface area contributed by atoms with Crippen molar-refractivity contribution in [3.63, 3.8) is 0 Å². The highest BCUT2D eigenvalue weighted by molar-refractivity contribution is 9.10. The van der Waals surface area contributed by atoms with Crippen LogP contribution in [0.2, 0.25) is 0 Å². The maximum atomic E-state index is 12.8. The molecule has 0 atom stereocenters. The average molecular weight is 270 g/mol. The molecule has 2 nitrogen and oxygen atoms in total. The standard InChI is InChI=1S/C11H9BrFNO/c12-11-4-3-9(15-11)5-7-1-2-8(13)6-10(7)14/h1-4,6H,5,14H2. The third-order valence-electron chi connectivity index (χ3n) is 2.10. The second-order valence-corrected chi connectivity index (χ2v) is 4.01. The van der Waals surface area contributed by atoms with E-state index in [2.05, 4.69) is 15.9 Å². The minimum absolute atomic E-state index is 0.322. The molecule has 0 aliphatic carbocycles. The first-order valence-corrected chi connectivity index (χ1v) is 5.22. The number of hydrogen-bond acceptors (Lipinski definition) is 2. The second-order valence-electron chi connectivity index (χ2n) is 3.23. The zero-order chi connectivity index (χ0) is 10.8. The van der Waals surface area contributed by atoms with Gasteiger partial charge in [-0.15, -0.1) is 0 Å². The van der Waals surface area contributed by atoms with E-state index in [1.54, 1.807) is 6.07 Å². The average Bonchev–Trinajstić information content (AvgIpc) is 2.56. The Morgan fingerprint density at radius 1 is 1.27 bits per heavy atom. The zero-order valence-electron chi connectivity index (χ0n) is 7.84. The first kappa shape index (κ1) is 10.2. The minimum atomic E-state index is -0.322. The number of nitrogens with two attached hydrogens (primary N) is 1. The number of rotatable bonds is 2. The smallest absolute Gasteiger partial charge is 0.169 e. The molecule has 78 valence electrons. The molecule has 0 saturated heterocycles. The van der Waals surface area contributed by atoms with E-state index in [-0.39, 0.29) is 5.82 Å². The molecule has 15 heavy (non-hydrogen) atoms. The molecule has 2 N–H and O–H groups in total. The van der Waals surface area contributed by atoms with Gasteiger partial charge in [-0.3, -0.25) is 0 Å². The van der Waals surface area contributed by atoms with Gasteiger partial charge in [0.15, 0.2) is 4.67 Å². The Morgan fingerprint density at radius 2 is 2.07 bits per heavy atom. The van der Waals surface area contributed by atoms with Crippen LogP contribution in [0.3, 0.4) is 0 Å². The first-order chi connectivity index (χ1) is 7.15. The molecular weight excluding hydrogens is 261 g/mol. The summed E-state index contributed by atoms with van der Waals surface area (Å²) in [6.45, 7) is 0. The lowest BCUT2D eigenvalue weighted by molar-refractivity contribution is 0.498. The van der Waals surface area contributed by atoms with Crippen LogP contribution in [0.5, 0.6) is 0 Å². The second kappa shape index (κ2) is 4.06. The predicted molar refractivity (Wildman–Crippen MR) is 60.0 cm³/mol. The fourth-order valence-electron chi connectivity index (χ4n) is 1.36. The van der Waals surface area contributed by atoms with Crippen molar-refractivity contribution >= 4 is 21.6 Å². The molecule has 1 heterocycles. The van der Waals surface area contributed by atoms with E-state index in [1.807, 2.05) is 12.1 Å². The molecule has 0 aliphatic heterocycles. The highest BCUT2D eigenvalue weighted by atomic mass is 79.9. The van der Waals surface area contributed by atoms with Crippen molar-refractivity contribution in [3.05, 3.63) is 52.1 Å². The molecule has 2 rings (SSSR count). The van der Waals surface area contributed by atoms with Gasteiger partial charge in [-0.25, -0.2) is 4.39 Å². The number of furan rings is 1. The van der Waals surface area contributed by atoms with E-state index in [1.165, 1.54) is 12.1 Å². The van der Waals surface area contributed by atoms with Gasteiger partial charge in [0.1, 0.15) is 11.6 Å². The maximum Gasteiger partial charge on any atom is 0.169 e. The molecule has 0 radical (unpaired) electrons. The quantitative estimate of drug-likeness (QED) is 0.850. The summed E-state index contributed by atoms with van der Waals surface area (Å²) in [5.74, 6) is 0.469. The van der Waals surface area contributed by atoms with E-state index in [0.717, 1.165) is 11.3 Å². The molecule has 0 saturated carbocycles. The fourth-order valence-corrected chi connectivity index (χ4v) is 1.70. The van der Waals surface area contributed by atoms with Crippen LogP contribution in [0.1, 0.15) is 11.3 Å². The molecule has 0 fully saturated rings. The highest BCUT2D eigenvalue weighted by Gasteiger charge is 2.05. The lowest BCUT2D eigenvalue weighted by Crippen LogP contribution is -1.95. The van der Waals surface area contributed by atoms with Gasteiger partial charge in [0.25, 0.3) is 0 Å². The van der Waals surface area contributed by atoms with Crippen molar-refractivity contribution in [3.8, 4) is 0 Å². The molecule has 4 heteroatoms. The van der Waals surface area contributed by atoms with Crippen molar-refractivity contribution in [2.45, 2.75) is 6.42 Å². The Morgan fingerprint density at radius 3 is 2.67 bits per heavy atom. The molecule has 0 aliphatic rings. The lowest BCUT2D eigenvalue weighted by Gasteiger charge is -2.03. The van der Waals surface area contributed by atoms with Crippen LogP contribution in [0.25, 0.3) is 0 Å². The van der Waals surface area contributed by atoms with E-state index in [9.17, 15) is 4.39 Å². The summed E-state index contributed by atoms with van der Waals surface area (Å²) in [6, 6.07) is 8.04. The van der Waals surface area contributed by atoms with Crippen LogP contribution < -0.4 is 5.73 Å². The van der Waals surface area contributed by atoms with Gasteiger partial charge in [0.2, 0.25) is 0 Å². The van der Waals surface area contributed by atoms with Gasteiger partial charge in [-0.05, 0) is 45.8 Å². The molecule has 0 bridgehead atoms. The highest BCUT2D eigenvalue weighted by Crippen LogP contribution is 2.21. The predicted octanol–water partition coefficient (Wildman–Crippen LogP) is 3.35. The SMILES string of the molecule is Nc1cc(F)ccc1Cc1ccc(Br)o1. The Kier molecular flexibility index (Phi) is 2.77. The van der Waals surface area contributed by atoms with Crippen molar-refractivity contribution in [2.24, 2.45) is 0 Å². The van der Waals surface area contributed by atoms with Gasteiger partial charge in [0.05, 0.1) is 0 Å². The summed E-state index contributed by atoms with van der Waals surface area (Å²) in [5, 5.41) is 0. The Labute approximate surface area is 95.0 Å². The van der Waals surface area contributed by atoms with E-state index >= 15 is 0 Å². The Balaban J connectivity index is 2.24. The van der Waals surface area contributed by atoms with Gasteiger partial charge >= 0.3 is 0 Å². The van der Waals surface area contributed by atoms with Gasteiger partial charge < -0.3 is 10.2 Å². The summed E-state index contributed by atoms with van der Waals surface area (Å²) in [5.41, 5.74) is 6.99. The van der Waals surface area contributed by atoms with Crippen molar-refractivity contribution in [1.82, 2.24) is 0 Å². The van der Waals surface area contributed by atoms with Crippen LogP contribution in [0.15, 0.2) is 39.4 Å². The summed E-state index contributed by atoms with van der Waals surface area (Å²) >= 11 is 3.22. The molecule has 0 unspecified atom stereocenters. The molecule has 2 aromatic rings. The molecule has 1 aromatic heterocycles. The van der Waals surface area contributed by atoms with E-state index < -0.39 is 0 Å². The van der Waals surface area contributed by atoms with Crippen molar-refractivity contribution in [1.29, 1.82) is 0 Å². The number of nitrogen functional groups attached to an aromatic ring is 1. The summed E-state index contributed by atoms with van der Waals surface area (Å²) in [6.07, 6.45) is 0.567. The summed E-state index contributed by atoms with van der Waals surface area (Å²) in [4.78, 5) is 0.